The van der Waals surface area contributed by atoms with E-state index in [1.165, 1.54) is 6.08 Å². The third-order valence-electron chi connectivity index (χ3n) is 2.55. The first-order valence-corrected chi connectivity index (χ1v) is 6.67. The van der Waals surface area contributed by atoms with Crippen LogP contribution in [0.2, 0.25) is 0 Å². The number of hydrogen-bond donors (Lipinski definition) is 3. The number of phenolic OH excluding ortho intramolecular Hbond substituents is 1. The molecule has 1 saturated heterocycles. The number of non-ortho nitro benzene ring substituents is 1. The highest BCUT2D eigenvalue weighted by atomic mass is 32.2. The molecular weight excluding hydrogens is 298 g/mol. The monoisotopic (exact) mass is 309 g/mol. The smallest absolute Gasteiger partial charge is 0.274 e. The zero-order valence-corrected chi connectivity index (χ0v) is 11.7. The molecule has 0 radical (unpaired) electrons. The van der Waals surface area contributed by atoms with Gasteiger partial charge in [-0.3, -0.25) is 20.3 Å². The van der Waals surface area contributed by atoms with Gasteiger partial charge in [-0.05, 0) is 24.8 Å². The Labute approximate surface area is 123 Å². The van der Waals surface area contributed by atoms with Crippen molar-refractivity contribution < 1.29 is 19.6 Å². The lowest BCUT2D eigenvalue weighted by atomic mass is 10.1. The van der Waals surface area contributed by atoms with E-state index in [9.17, 15) is 20.0 Å². The predicted molar refractivity (Wildman–Crippen MR) is 77.4 cm³/mol. The molecule has 0 saturated carbocycles. The Morgan fingerprint density at radius 3 is 2.81 bits per heavy atom. The minimum atomic E-state index is -0.617. The molecule has 9 heteroatoms. The van der Waals surface area contributed by atoms with Gasteiger partial charge < -0.3 is 15.2 Å². The highest BCUT2D eigenvalue weighted by Gasteiger charge is 2.24. The Bertz CT molecular complexity index is 671. The van der Waals surface area contributed by atoms with Crippen molar-refractivity contribution in [3.8, 4) is 11.5 Å². The van der Waals surface area contributed by atoms with Gasteiger partial charge in [-0.15, -0.1) is 0 Å². The van der Waals surface area contributed by atoms with E-state index in [0.717, 1.165) is 23.9 Å². The molecule has 0 atom stereocenters. The topological polar surface area (TPSA) is 126 Å². The molecule has 110 valence electrons. The van der Waals surface area contributed by atoms with Crippen molar-refractivity contribution in [1.82, 2.24) is 5.32 Å². The lowest BCUT2D eigenvalue weighted by molar-refractivity contribution is -0.385. The number of aromatic hydroxyl groups is 1. The third-order valence-corrected chi connectivity index (χ3v) is 3.38. The predicted octanol–water partition coefficient (Wildman–Crippen LogP) is 1.84. The fourth-order valence-corrected chi connectivity index (χ4v) is 2.37. The Morgan fingerprint density at radius 1 is 1.57 bits per heavy atom. The number of amides is 1. The first kappa shape index (κ1) is 14.9. The van der Waals surface area contributed by atoms with Gasteiger partial charge in [0.15, 0.2) is 16.7 Å². The number of thioether (sulfide) groups is 1. The van der Waals surface area contributed by atoms with E-state index in [0.29, 0.717) is 0 Å². The quantitative estimate of drug-likeness (QED) is 0.442. The van der Waals surface area contributed by atoms with Crippen molar-refractivity contribution in [3.05, 3.63) is 32.7 Å². The molecule has 1 aliphatic rings. The van der Waals surface area contributed by atoms with Crippen LogP contribution < -0.4 is 10.1 Å². The summed E-state index contributed by atoms with van der Waals surface area (Å²) in [5.41, 5.74) is -0.179. The SMILES string of the molecule is CCOc1cc([N+](=O)[O-])cc(/C=C2/SC(=N)NC2=O)c1O. The van der Waals surface area contributed by atoms with E-state index in [4.69, 9.17) is 10.1 Å². The lowest BCUT2D eigenvalue weighted by Crippen LogP contribution is -2.18. The molecule has 1 fully saturated rings. The molecule has 1 aliphatic heterocycles. The Balaban J connectivity index is 2.52. The van der Waals surface area contributed by atoms with Crippen molar-refractivity contribution in [2.75, 3.05) is 6.61 Å². The number of carbonyl (C=O) groups is 1. The largest absolute Gasteiger partial charge is 0.504 e. The second-order valence-corrected chi connectivity index (χ2v) is 5.02. The summed E-state index contributed by atoms with van der Waals surface area (Å²) in [5.74, 6) is -0.812. The Hall–Kier alpha value is -2.55. The average Bonchev–Trinajstić information content (AvgIpc) is 2.72. The minimum Gasteiger partial charge on any atom is -0.504 e. The number of ether oxygens (including phenoxy) is 1. The van der Waals surface area contributed by atoms with Crippen LogP contribution in [0.3, 0.4) is 0 Å². The van der Waals surface area contributed by atoms with Crippen LogP contribution in [0.15, 0.2) is 17.0 Å². The molecule has 1 heterocycles. The lowest BCUT2D eigenvalue weighted by Gasteiger charge is -2.08. The van der Waals surface area contributed by atoms with Gasteiger partial charge in [0.25, 0.3) is 11.6 Å². The summed E-state index contributed by atoms with van der Waals surface area (Å²) >= 11 is 0.873. The average molecular weight is 309 g/mol. The molecule has 21 heavy (non-hydrogen) atoms. The number of hydrogen-bond acceptors (Lipinski definition) is 7. The second-order valence-electron chi connectivity index (χ2n) is 3.97. The first-order valence-electron chi connectivity index (χ1n) is 5.86. The van der Waals surface area contributed by atoms with Crippen LogP contribution >= 0.6 is 11.8 Å². The van der Waals surface area contributed by atoms with Crippen molar-refractivity contribution in [2.24, 2.45) is 0 Å². The van der Waals surface area contributed by atoms with Gasteiger partial charge >= 0.3 is 0 Å². The summed E-state index contributed by atoms with van der Waals surface area (Å²) in [4.78, 5) is 22.0. The summed E-state index contributed by atoms with van der Waals surface area (Å²) in [6.07, 6.45) is 1.28. The molecule has 0 aliphatic carbocycles. The molecule has 2 rings (SSSR count). The fraction of sp³-hybridized carbons (Fsp3) is 0.167. The summed E-state index contributed by atoms with van der Waals surface area (Å²) in [6, 6.07) is 2.26. The fourth-order valence-electron chi connectivity index (χ4n) is 1.68. The van der Waals surface area contributed by atoms with Gasteiger partial charge in [-0.2, -0.15) is 0 Å². The van der Waals surface area contributed by atoms with Crippen LogP contribution in [0.1, 0.15) is 12.5 Å². The number of nitro groups is 1. The molecule has 1 amide bonds. The molecule has 0 spiro atoms. The number of carbonyl (C=O) groups excluding carboxylic acids is 1. The molecular formula is C12H11N3O5S. The Morgan fingerprint density at radius 2 is 2.29 bits per heavy atom. The number of benzene rings is 1. The maximum atomic E-state index is 11.5. The summed E-state index contributed by atoms with van der Waals surface area (Å²) in [7, 11) is 0. The van der Waals surface area contributed by atoms with Crippen LogP contribution in [-0.2, 0) is 4.79 Å². The van der Waals surface area contributed by atoms with Gasteiger partial charge in [0.2, 0.25) is 0 Å². The van der Waals surface area contributed by atoms with E-state index >= 15 is 0 Å². The first-order chi connectivity index (χ1) is 9.92. The van der Waals surface area contributed by atoms with E-state index in [1.807, 2.05) is 0 Å². The van der Waals surface area contributed by atoms with Crippen LogP contribution in [0.5, 0.6) is 11.5 Å². The van der Waals surface area contributed by atoms with Gasteiger partial charge in [-0.1, -0.05) is 0 Å². The molecule has 1 aromatic carbocycles. The van der Waals surface area contributed by atoms with Gasteiger partial charge in [0.05, 0.1) is 22.5 Å². The molecule has 0 aromatic heterocycles. The minimum absolute atomic E-state index is 0.0305. The van der Waals surface area contributed by atoms with Gasteiger partial charge in [-0.25, -0.2) is 0 Å². The summed E-state index contributed by atoms with van der Waals surface area (Å²) < 4.78 is 5.15. The maximum Gasteiger partial charge on any atom is 0.274 e. The van der Waals surface area contributed by atoms with Crippen molar-refractivity contribution in [2.45, 2.75) is 6.92 Å². The number of nitrogens with zero attached hydrogens (tertiary/aromatic N) is 1. The molecule has 0 unspecified atom stereocenters. The molecule has 8 nitrogen and oxygen atoms in total. The summed E-state index contributed by atoms with van der Waals surface area (Å²) in [5, 5.41) is 30.5. The van der Waals surface area contributed by atoms with Crippen LogP contribution in [0.25, 0.3) is 6.08 Å². The standard InChI is InChI=1S/C12H11N3O5S/c1-2-20-8-5-7(15(18)19)3-6(10(8)16)4-9-11(17)14-12(13)21-9/h3-5,16H,2H2,1H3,(H2,13,14,17)/b9-4+. The number of nitrogens with one attached hydrogen (secondary N) is 2. The molecule has 3 N–H and O–H groups in total. The number of rotatable bonds is 4. The van der Waals surface area contributed by atoms with Crippen LogP contribution in [0, 0.1) is 15.5 Å². The van der Waals surface area contributed by atoms with Crippen molar-refractivity contribution >= 4 is 34.6 Å². The number of nitro benzene ring substituents is 1. The highest BCUT2D eigenvalue weighted by molar-refractivity contribution is 8.18. The highest BCUT2D eigenvalue weighted by Crippen LogP contribution is 2.37. The van der Waals surface area contributed by atoms with Crippen molar-refractivity contribution in [3.63, 3.8) is 0 Å². The van der Waals surface area contributed by atoms with E-state index in [1.54, 1.807) is 6.92 Å². The van der Waals surface area contributed by atoms with E-state index in [2.05, 4.69) is 5.32 Å². The normalized spacial score (nSPS) is 16.1. The molecule has 1 aromatic rings. The van der Waals surface area contributed by atoms with Gasteiger partial charge in [0, 0.05) is 11.6 Å². The summed E-state index contributed by atoms with van der Waals surface area (Å²) in [6.45, 7) is 1.91. The maximum absolute atomic E-state index is 11.5. The zero-order chi connectivity index (χ0) is 15.6. The number of amidine groups is 1. The zero-order valence-electron chi connectivity index (χ0n) is 10.9. The third kappa shape index (κ3) is 3.14. The van der Waals surface area contributed by atoms with Gasteiger partial charge in [0.1, 0.15) is 0 Å². The molecule has 0 bridgehead atoms. The Kier molecular flexibility index (Phi) is 4.13. The van der Waals surface area contributed by atoms with Crippen LogP contribution in [0.4, 0.5) is 5.69 Å². The van der Waals surface area contributed by atoms with E-state index in [-0.39, 0.29) is 39.4 Å². The van der Waals surface area contributed by atoms with E-state index < -0.39 is 10.8 Å². The number of phenols is 1. The second kappa shape index (κ2) is 5.83. The van der Waals surface area contributed by atoms with Crippen LogP contribution in [-0.4, -0.2) is 27.7 Å². The van der Waals surface area contributed by atoms with Crippen molar-refractivity contribution in [1.29, 1.82) is 5.41 Å².